The maximum absolute atomic E-state index is 12.1. The molecule has 1 fully saturated rings. The van der Waals surface area contributed by atoms with Crippen molar-refractivity contribution >= 4 is 34.6 Å². The van der Waals surface area contributed by atoms with Crippen LogP contribution in [0.2, 0.25) is 0 Å². The van der Waals surface area contributed by atoms with Crippen molar-refractivity contribution in [3.05, 3.63) is 58.3 Å². The van der Waals surface area contributed by atoms with Crippen molar-refractivity contribution < 1.29 is 4.79 Å². The van der Waals surface area contributed by atoms with Crippen LogP contribution in [0.5, 0.6) is 0 Å². The molecule has 5 heteroatoms. The van der Waals surface area contributed by atoms with E-state index in [4.69, 9.17) is 0 Å². The second-order valence-corrected chi connectivity index (χ2v) is 6.28. The summed E-state index contributed by atoms with van der Waals surface area (Å²) >= 11 is 1.37. The molecule has 3 rings (SSSR count). The van der Waals surface area contributed by atoms with E-state index < -0.39 is 0 Å². The molecule has 4 nitrogen and oxygen atoms in total. The van der Waals surface area contributed by atoms with Crippen LogP contribution in [0.1, 0.15) is 16.8 Å². The summed E-state index contributed by atoms with van der Waals surface area (Å²) in [5.74, 6) is -0.102. The van der Waals surface area contributed by atoms with Crippen molar-refractivity contribution in [3.8, 4) is 0 Å². The van der Waals surface area contributed by atoms with E-state index in [0.717, 1.165) is 16.9 Å². The van der Waals surface area contributed by atoms with Crippen LogP contribution in [0, 0.1) is 13.8 Å². The summed E-state index contributed by atoms with van der Waals surface area (Å²) in [6, 6.07) is 9.92. The number of hydrogen-bond acceptors (Lipinski definition) is 3. The zero-order valence-corrected chi connectivity index (χ0v) is 13.6. The third-order valence-electron chi connectivity index (χ3n) is 3.71. The first-order valence-corrected chi connectivity index (χ1v) is 7.83. The van der Waals surface area contributed by atoms with Crippen molar-refractivity contribution in [2.75, 3.05) is 0 Å². The Morgan fingerprint density at radius 3 is 2.77 bits per heavy atom. The van der Waals surface area contributed by atoms with Crippen molar-refractivity contribution in [3.63, 3.8) is 0 Å². The molecule has 0 radical (unpaired) electrons. The van der Waals surface area contributed by atoms with E-state index in [9.17, 15) is 4.79 Å². The Morgan fingerprint density at radius 2 is 2.05 bits per heavy atom. The van der Waals surface area contributed by atoms with E-state index in [1.165, 1.54) is 17.3 Å². The van der Waals surface area contributed by atoms with E-state index >= 15 is 0 Å². The van der Waals surface area contributed by atoms with Gasteiger partial charge in [0.15, 0.2) is 5.17 Å². The molecule has 1 amide bonds. The predicted octanol–water partition coefficient (Wildman–Crippen LogP) is 3.53. The highest BCUT2D eigenvalue weighted by Crippen LogP contribution is 2.29. The SMILES string of the molecule is Cc1cccc(N=C2NC(=O)/C(=C\c3cccn3C)S2)c1C. The topological polar surface area (TPSA) is 46.4 Å². The van der Waals surface area contributed by atoms with Gasteiger partial charge in [0.1, 0.15) is 0 Å². The molecule has 0 saturated carbocycles. The van der Waals surface area contributed by atoms with Crippen LogP contribution in [-0.2, 0) is 11.8 Å². The van der Waals surface area contributed by atoms with Gasteiger partial charge >= 0.3 is 0 Å². The molecular formula is C17H17N3OS. The summed E-state index contributed by atoms with van der Waals surface area (Å²) in [5, 5.41) is 3.45. The average Bonchev–Trinajstić information content (AvgIpc) is 3.03. The average molecular weight is 311 g/mol. The van der Waals surface area contributed by atoms with Gasteiger partial charge in [-0.15, -0.1) is 0 Å². The normalized spacial score (nSPS) is 18.2. The molecule has 1 N–H and O–H groups in total. The molecule has 0 aliphatic carbocycles. The van der Waals surface area contributed by atoms with Gasteiger partial charge < -0.3 is 9.88 Å². The monoisotopic (exact) mass is 311 g/mol. The Kier molecular flexibility index (Phi) is 3.90. The minimum Gasteiger partial charge on any atom is -0.351 e. The molecule has 112 valence electrons. The summed E-state index contributed by atoms with van der Waals surface area (Å²) in [5.41, 5.74) is 4.20. The number of amides is 1. The molecule has 0 atom stereocenters. The van der Waals surface area contributed by atoms with Crippen LogP contribution in [0.4, 0.5) is 5.69 Å². The number of aromatic nitrogens is 1. The summed E-state index contributed by atoms with van der Waals surface area (Å²) in [4.78, 5) is 17.3. The number of nitrogens with zero attached hydrogens (tertiary/aromatic N) is 2. The van der Waals surface area contributed by atoms with Gasteiger partial charge in [0.25, 0.3) is 5.91 Å². The fourth-order valence-electron chi connectivity index (χ4n) is 2.21. The third kappa shape index (κ3) is 2.85. The maximum atomic E-state index is 12.1. The molecule has 1 aliphatic rings. The second-order valence-electron chi connectivity index (χ2n) is 5.24. The first kappa shape index (κ1) is 14.7. The lowest BCUT2D eigenvalue weighted by Crippen LogP contribution is -2.19. The van der Waals surface area contributed by atoms with Gasteiger partial charge in [-0.3, -0.25) is 4.79 Å². The van der Waals surface area contributed by atoms with E-state index in [2.05, 4.69) is 23.3 Å². The van der Waals surface area contributed by atoms with Crippen LogP contribution in [0.15, 0.2) is 46.4 Å². The molecule has 1 saturated heterocycles. The van der Waals surface area contributed by atoms with Crippen LogP contribution in [0.3, 0.4) is 0 Å². The quantitative estimate of drug-likeness (QED) is 0.862. The smallest absolute Gasteiger partial charge is 0.264 e. The minimum atomic E-state index is -0.102. The van der Waals surface area contributed by atoms with E-state index in [1.807, 2.05) is 55.1 Å². The number of rotatable bonds is 2. The Labute approximate surface area is 133 Å². The minimum absolute atomic E-state index is 0.102. The summed E-state index contributed by atoms with van der Waals surface area (Å²) in [7, 11) is 1.95. The Hall–Kier alpha value is -2.27. The molecule has 0 bridgehead atoms. The van der Waals surface area contributed by atoms with Gasteiger partial charge in [0.05, 0.1) is 10.6 Å². The molecule has 0 unspecified atom stereocenters. The van der Waals surface area contributed by atoms with Crippen molar-refractivity contribution in [1.82, 2.24) is 9.88 Å². The number of amidine groups is 1. The van der Waals surface area contributed by atoms with Gasteiger partial charge in [0, 0.05) is 18.9 Å². The lowest BCUT2D eigenvalue weighted by atomic mass is 10.1. The number of aryl methyl sites for hydroxylation is 2. The van der Waals surface area contributed by atoms with Gasteiger partial charge in [-0.2, -0.15) is 0 Å². The Balaban J connectivity index is 1.89. The molecule has 2 heterocycles. The standard InChI is InChI=1S/C17H17N3OS/c1-11-6-4-8-14(12(11)2)18-17-19-16(21)15(22-17)10-13-7-5-9-20(13)3/h4-10H,1-3H3,(H,18,19,21)/b15-10+. The number of hydrogen-bond donors (Lipinski definition) is 1. The molecule has 2 aromatic rings. The van der Waals surface area contributed by atoms with Gasteiger partial charge in [0.2, 0.25) is 0 Å². The number of carbonyl (C=O) groups excluding carboxylic acids is 1. The molecule has 22 heavy (non-hydrogen) atoms. The zero-order chi connectivity index (χ0) is 15.7. The molecule has 1 aromatic heterocycles. The zero-order valence-electron chi connectivity index (χ0n) is 12.8. The highest BCUT2D eigenvalue weighted by Gasteiger charge is 2.24. The lowest BCUT2D eigenvalue weighted by molar-refractivity contribution is -0.115. The number of aliphatic imine (C=N–C) groups is 1. The Bertz CT molecular complexity index is 802. The molecular weight excluding hydrogens is 294 g/mol. The van der Waals surface area contributed by atoms with Crippen LogP contribution in [0.25, 0.3) is 6.08 Å². The van der Waals surface area contributed by atoms with Crippen molar-refractivity contribution in [2.24, 2.45) is 12.0 Å². The largest absolute Gasteiger partial charge is 0.351 e. The van der Waals surface area contributed by atoms with Crippen molar-refractivity contribution in [2.45, 2.75) is 13.8 Å². The highest BCUT2D eigenvalue weighted by molar-refractivity contribution is 8.18. The fourth-order valence-corrected chi connectivity index (χ4v) is 3.02. The van der Waals surface area contributed by atoms with Crippen LogP contribution < -0.4 is 5.32 Å². The third-order valence-corrected chi connectivity index (χ3v) is 4.62. The summed E-state index contributed by atoms with van der Waals surface area (Å²) in [6.07, 6.45) is 3.83. The first-order chi connectivity index (χ1) is 10.5. The molecule has 1 aromatic carbocycles. The van der Waals surface area contributed by atoms with Gasteiger partial charge in [-0.25, -0.2) is 4.99 Å². The number of nitrogens with one attached hydrogen (secondary N) is 1. The Morgan fingerprint density at radius 1 is 1.23 bits per heavy atom. The highest BCUT2D eigenvalue weighted by atomic mass is 32.2. The molecule has 1 aliphatic heterocycles. The fraction of sp³-hybridized carbons (Fsp3) is 0.176. The van der Waals surface area contributed by atoms with Gasteiger partial charge in [-0.1, -0.05) is 12.1 Å². The van der Waals surface area contributed by atoms with E-state index in [-0.39, 0.29) is 5.91 Å². The number of thioether (sulfide) groups is 1. The summed E-state index contributed by atoms with van der Waals surface area (Å²) < 4.78 is 1.97. The second kappa shape index (κ2) is 5.85. The first-order valence-electron chi connectivity index (χ1n) is 7.02. The van der Waals surface area contributed by atoms with E-state index in [0.29, 0.717) is 10.1 Å². The van der Waals surface area contributed by atoms with E-state index in [1.54, 1.807) is 0 Å². The summed E-state index contributed by atoms with van der Waals surface area (Å²) in [6.45, 7) is 4.09. The van der Waals surface area contributed by atoms with Gasteiger partial charge in [-0.05, 0) is 61.0 Å². The van der Waals surface area contributed by atoms with Crippen LogP contribution >= 0.6 is 11.8 Å². The number of carbonyl (C=O) groups is 1. The number of benzene rings is 1. The van der Waals surface area contributed by atoms with Crippen molar-refractivity contribution in [1.29, 1.82) is 0 Å². The predicted molar refractivity (Wildman–Crippen MR) is 92.1 cm³/mol. The molecule has 0 spiro atoms. The lowest BCUT2D eigenvalue weighted by Gasteiger charge is -2.04. The van der Waals surface area contributed by atoms with Crippen LogP contribution in [-0.4, -0.2) is 15.6 Å². The maximum Gasteiger partial charge on any atom is 0.264 e.